The van der Waals surface area contributed by atoms with E-state index in [4.69, 9.17) is 28.4 Å². The van der Waals surface area contributed by atoms with Gasteiger partial charge < -0.3 is 28.4 Å². The van der Waals surface area contributed by atoms with Crippen molar-refractivity contribution in [3.8, 4) is 0 Å². The summed E-state index contributed by atoms with van der Waals surface area (Å²) in [5.41, 5.74) is 4.05. The molecule has 7 heteroatoms. The van der Waals surface area contributed by atoms with Crippen molar-refractivity contribution in [1.29, 1.82) is 0 Å². The number of benzene rings is 4. The summed E-state index contributed by atoms with van der Waals surface area (Å²) >= 11 is 0. The van der Waals surface area contributed by atoms with Gasteiger partial charge in [-0.3, -0.25) is 4.79 Å². The average Bonchev–Trinajstić information content (AvgIpc) is 3.10. The summed E-state index contributed by atoms with van der Waals surface area (Å²) in [6.07, 6.45) is -1.73. The molecule has 7 nitrogen and oxygen atoms in total. The van der Waals surface area contributed by atoms with Crippen LogP contribution in [0.25, 0.3) is 0 Å². The van der Waals surface area contributed by atoms with Gasteiger partial charge in [0.25, 0.3) is 0 Å². The lowest BCUT2D eigenvalue weighted by Crippen LogP contribution is -2.62. The quantitative estimate of drug-likeness (QED) is 0.113. The third kappa shape index (κ3) is 10.3. The normalized spacial score (nSPS) is 21.1. The van der Waals surface area contributed by atoms with E-state index < -0.39 is 30.7 Å². The van der Waals surface area contributed by atoms with Crippen molar-refractivity contribution in [2.24, 2.45) is 0 Å². The zero-order valence-corrected chi connectivity index (χ0v) is 26.4. The third-order valence-electron chi connectivity index (χ3n) is 7.82. The predicted molar refractivity (Wildman–Crippen MR) is 175 cm³/mol. The smallest absolute Gasteiger partial charge is 0.308 e. The van der Waals surface area contributed by atoms with Gasteiger partial charge in [-0.1, -0.05) is 135 Å². The van der Waals surface area contributed by atoms with Gasteiger partial charge in [0.2, 0.25) is 6.29 Å². The second kappa shape index (κ2) is 18.3. The largest absolute Gasteiger partial charge is 0.433 e. The van der Waals surface area contributed by atoms with Crippen LogP contribution >= 0.6 is 0 Å². The maximum atomic E-state index is 13.0. The highest BCUT2D eigenvalue weighted by Gasteiger charge is 2.50. The molecule has 0 unspecified atom stereocenters. The molecule has 1 aliphatic rings. The van der Waals surface area contributed by atoms with Crippen molar-refractivity contribution in [1.82, 2.24) is 0 Å². The second-order valence-corrected chi connectivity index (χ2v) is 11.4. The molecule has 4 aromatic rings. The van der Waals surface area contributed by atoms with Crippen molar-refractivity contribution in [3.63, 3.8) is 0 Å². The molecule has 1 fully saturated rings. The van der Waals surface area contributed by atoms with Crippen LogP contribution in [0.1, 0.15) is 48.4 Å². The molecule has 46 heavy (non-hydrogen) atoms. The maximum Gasteiger partial charge on any atom is 0.308 e. The standard InChI is InChI=1S/C39H44O7/c1-2-3-24-35(40)46-39-38(44-28-33-22-14-7-15-23-33)37(43-27-32-20-12-6-13-21-32)36(42-26-31-18-10-5-11-19-31)34(45-39)29-41-25-30-16-8-4-9-17-30/h4-23,34,36-39H,2-3,24-29H2,1H3/t34-,36-,37+,38-,39+/m1/s1. The van der Waals surface area contributed by atoms with Crippen LogP contribution in [-0.4, -0.2) is 43.3 Å². The summed E-state index contributed by atoms with van der Waals surface area (Å²) in [5, 5.41) is 0. The molecule has 1 heterocycles. The molecular weight excluding hydrogens is 580 g/mol. The van der Waals surface area contributed by atoms with Crippen LogP contribution < -0.4 is 0 Å². The average molecular weight is 625 g/mol. The maximum absolute atomic E-state index is 13.0. The Kier molecular flexibility index (Phi) is 13.4. The van der Waals surface area contributed by atoms with E-state index >= 15 is 0 Å². The van der Waals surface area contributed by atoms with Crippen LogP contribution in [0.5, 0.6) is 0 Å². The Morgan fingerprint density at radius 1 is 0.587 bits per heavy atom. The zero-order valence-electron chi connectivity index (χ0n) is 26.4. The van der Waals surface area contributed by atoms with Crippen molar-refractivity contribution < 1.29 is 33.2 Å². The van der Waals surface area contributed by atoms with Gasteiger partial charge >= 0.3 is 5.97 Å². The lowest BCUT2D eigenvalue weighted by molar-refractivity contribution is -0.320. The molecule has 0 spiro atoms. The monoisotopic (exact) mass is 624 g/mol. The van der Waals surface area contributed by atoms with Crippen LogP contribution in [0.15, 0.2) is 121 Å². The van der Waals surface area contributed by atoms with Crippen LogP contribution in [0.4, 0.5) is 0 Å². The van der Waals surface area contributed by atoms with Crippen LogP contribution in [-0.2, 0) is 59.6 Å². The summed E-state index contributed by atoms with van der Waals surface area (Å²) in [7, 11) is 0. The van der Waals surface area contributed by atoms with Gasteiger partial charge in [0, 0.05) is 6.42 Å². The Hall–Kier alpha value is -3.85. The van der Waals surface area contributed by atoms with Crippen molar-refractivity contribution in [2.75, 3.05) is 6.61 Å². The van der Waals surface area contributed by atoms with Crippen LogP contribution in [0.3, 0.4) is 0 Å². The number of carbonyl (C=O) groups excluding carboxylic acids is 1. The second-order valence-electron chi connectivity index (χ2n) is 11.4. The fourth-order valence-electron chi connectivity index (χ4n) is 5.35. The van der Waals surface area contributed by atoms with Gasteiger partial charge in [-0.2, -0.15) is 0 Å². The first-order valence-corrected chi connectivity index (χ1v) is 16.1. The number of unbranched alkanes of at least 4 members (excludes halogenated alkanes) is 1. The van der Waals surface area contributed by atoms with Crippen LogP contribution in [0, 0.1) is 0 Å². The van der Waals surface area contributed by atoms with Gasteiger partial charge in [0.05, 0.1) is 33.0 Å². The van der Waals surface area contributed by atoms with E-state index in [2.05, 4.69) is 0 Å². The van der Waals surface area contributed by atoms with E-state index in [1.54, 1.807) is 0 Å². The van der Waals surface area contributed by atoms with E-state index in [-0.39, 0.29) is 19.2 Å². The summed E-state index contributed by atoms with van der Waals surface area (Å²) in [6, 6.07) is 39.8. The molecule has 1 saturated heterocycles. The van der Waals surface area contributed by atoms with Crippen molar-refractivity contribution >= 4 is 5.97 Å². The topological polar surface area (TPSA) is 72.5 Å². The van der Waals surface area contributed by atoms with Gasteiger partial charge in [0.1, 0.15) is 24.4 Å². The molecule has 1 aliphatic heterocycles. The molecule has 0 radical (unpaired) electrons. The molecular formula is C39H44O7. The minimum absolute atomic E-state index is 0.202. The minimum Gasteiger partial charge on any atom is -0.433 e. The molecule has 0 saturated carbocycles. The van der Waals surface area contributed by atoms with E-state index in [0.717, 1.165) is 35.1 Å². The molecule has 0 aromatic heterocycles. The third-order valence-corrected chi connectivity index (χ3v) is 7.82. The molecule has 0 N–H and O–H groups in total. The predicted octanol–water partition coefficient (Wildman–Crippen LogP) is 7.42. The van der Waals surface area contributed by atoms with Crippen LogP contribution in [0.2, 0.25) is 0 Å². The van der Waals surface area contributed by atoms with E-state index in [1.165, 1.54) is 0 Å². The van der Waals surface area contributed by atoms with E-state index in [9.17, 15) is 4.79 Å². The SMILES string of the molecule is CCCCC(=O)O[C@@H]1O[C@H](COCc2ccccc2)[C@@H](OCc2ccccc2)[C@H](OCc2ccccc2)[C@H]1OCc1ccccc1. The number of carbonyl (C=O) groups is 1. The molecule has 0 amide bonds. The Morgan fingerprint density at radius 3 is 1.50 bits per heavy atom. The number of hydrogen-bond donors (Lipinski definition) is 0. The highest BCUT2D eigenvalue weighted by Crippen LogP contribution is 2.32. The Morgan fingerprint density at radius 2 is 1.02 bits per heavy atom. The summed E-state index contributed by atoms with van der Waals surface area (Å²) in [4.78, 5) is 13.0. The van der Waals surface area contributed by atoms with Crippen molar-refractivity contribution in [3.05, 3.63) is 144 Å². The Balaban J connectivity index is 1.44. The van der Waals surface area contributed by atoms with Gasteiger partial charge in [-0.25, -0.2) is 0 Å². The molecule has 5 atom stereocenters. The summed E-state index contributed by atoms with van der Waals surface area (Å²) in [6.45, 7) is 3.57. The minimum atomic E-state index is -1.02. The molecule has 242 valence electrons. The van der Waals surface area contributed by atoms with E-state index in [1.807, 2.05) is 128 Å². The first-order valence-electron chi connectivity index (χ1n) is 16.1. The fraction of sp³-hybridized carbons (Fsp3) is 0.359. The van der Waals surface area contributed by atoms with Gasteiger partial charge in [-0.15, -0.1) is 0 Å². The van der Waals surface area contributed by atoms with Gasteiger partial charge in [-0.05, 0) is 28.7 Å². The Bertz CT molecular complexity index is 1400. The number of ether oxygens (including phenoxy) is 6. The zero-order chi connectivity index (χ0) is 31.8. The number of rotatable bonds is 17. The highest BCUT2D eigenvalue weighted by atomic mass is 16.7. The van der Waals surface area contributed by atoms with E-state index in [0.29, 0.717) is 26.2 Å². The lowest BCUT2D eigenvalue weighted by atomic mass is 9.97. The molecule has 4 aromatic carbocycles. The van der Waals surface area contributed by atoms with Crippen molar-refractivity contribution in [2.45, 2.75) is 83.3 Å². The fourth-order valence-corrected chi connectivity index (χ4v) is 5.35. The first kappa shape index (κ1) is 33.5. The summed E-state index contributed by atoms with van der Waals surface area (Å²) < 4.78 is 38.6. The number of hydrogen-bond acceptors (Lipinski definition) is 7. The molecule has 0 aliphatic carbocycles. The molecule has 0 bridgehead atoms. The lowest BCUT2D eigenvalue weighted by Gasteiger charge is -2.45. The molecule has 5 rings (SSSR count). The first-order chi connectivity index (χ1) is 22.7. The summed E-state index contributed by atoms with van der Waals surface area (Å²) in [5.74, 6) is -0.338. The number of esters is 1. The van der Waals surface area contributed by atoms with Gasteiger partial charge in [0.15, 0.2) is 0 Å². The highest BCUT2D eigenvalue weighted by molar-refractivity contribution is 5.69. The Labute approximate surface area is 272 Å².